The zero-order chi connectivity index (χ0) is 12.8. The van der Waals surface area contributed by atoms with Crippen LogP contribution in [-0.4, -0.2) is 30.9 Å². The molecule has 0 spiro atoms. The molecule has 0 bridgehead atoms. The van der Waals surface area contributed by atoms with Crippen LogP contribution in [0.3, 0.4) is 0 Å². The van der Waals surface area contributed by atoms with Gasteiger partial charge >= 0.3 is 0 Å². The van der Waals surface area contributed by atoms with E-state index in [1.165, 1.54) is 0 Å². The van der Waals surface area contributed by atoms with E-state index >= 15 is 0 Å². The Kier molecular flexibility index (Phi) is 5.25. The molecule has 3 N–H and O–H groups in total. The van der Waals surface area contributed by atoms with Gasteiger partial charge in [0.25, 0.3) is 0 Å². The predicted octanol–water partition coefficient (Wildman–Crippen LogP) is 1.49. The molecule has 0 saturated carbocycles. The third-order valence-corrected chi connectivity index (χ3v) is 2.57. The van der Waals surface area contributed by atoms with Crippen molar-refractivity contribution in [1.29, 1.82) is 0 Å². The molecule has 0 aliphatic heterocycles. The number of hydrogen-bond acceptors (Lipinski definition) is 3. The molecule has 1 amide bonds. The molecule has 0 aliphatic rings. The fourth-order valence-corrected chi connectivity index (χ4v) is 1.74. The summed E-state index contributed by atoms with van der Waals surface area (Å²) in [5, 5.41) is 3.38. The van der Waals surface area contributed by atoms with E-state index in [9.17, 15) is 4.79 Å². The summed E-state index contributed by atoms with van der Waals surface area (Å²) in [6, 6.07) is 5.40. The Morgan fingerprint density at radius 3 is 2.82 bits per heavy atom. The molecule has 4 nitrogen and oxygen atoms in total. The van der Waals surface area contributed by atoms with Crippen LogP contribution < -0.4 is 11.1 Å². The number of carbonyl (C=O) groups excluding carboxylic acids is 1. The van der Waals surface area contributed by atoms with E-state index in [4.69, 9.17) is 17.3 Å². The van der Waals surface area contributed by atoms with Crippen molar-refractivity contribution >= 4 is 23.2 Å². The highest BCUT2D eigenvalue weighted by Gasteiger charge is 2.08. The van der Waals surface area contributed by atoms with Crippen molar-refractivity contribution in [3.63, 3.8) is 0 Å². The summed E-state index contributed by atoms with van der Waals surface area (Å²) < 4.78 is 0. The predicted molar refractivity (Wildman–Crippen MR) is 70.9 cm³/mol. The minimum atomic E-state index is 0.0162. The molecule has 5 heteroatoms. The number of hydrogen-bond donors (Lipinski definition) is 2. The van der Waals surface area contributed by atoms with Crippen molar-refractivity contribution in [2.24, 2.45) is 0 Å². The fourth-order valence-electron chi connectivity index (χ4n) is 1.55. The molecule has 94 valence electrons. The fraction of sp³-hybridized carbons (Fsp3) is 0.417. The second-order valence-corrected chi connectivity index (χ2v) is 4.41. The maximum absolute atomic E-state index is 11.4. The number of rotatable bonds is 5. The molecule has 0 radical (unpaired) electrons. The number of benzene rings is 1. The summed E-state index contributed by atoms with van der Waals surface area (Å²) in [7, 11) is 1.88. The van der Waals surface area contributed by atoms with Gasteiger partial charge in [-0.2, -0.15) is 0 Å². The van der Waals surface area contributed by atoms with Crippen LogP contribution >= 0.6 is 11.6 Å². The van der Waals surface area contributed by atoms with Gasteiger partial charge in [-0.15, -0.1) is 0 Å². The molecule has 0 heterocycles. The number of halogens is 1. The number of carbonyl (C=O) groups is 1. The molecule has 0 aromatic heterocycles. The van der Waals surface area contributed by atoms with Crippen LogP contribution in [0.5, 0.6) is 0 Å². The van der Waals surface area contributed by atoms with Gasteiger partial charge in [0.05, 0.1) is 6.54 Å². The zero-order valence-electron chi connectivity index (χ0n) is 10.2. The van der Waals surface area contributed by atoms with Crippen LogP contribution in [0.25, 0.3) is 0 Å². The quantitative estimate of drug-likeness (QED) is 0.784. The van der Waals surface area contributed by atoms with Crippen LogP contribution in [0.4, 0.5) is 5.69 Å². The van der Waals surface area contributed by atoms with Gasteiger partial charge in [-0.05, 0) is 31.7 Å². The number of amides is 1. The van der Waals surface area contributed by atoms with Crippen molar-refractivity contribution in [2.75, 3.05) is 25.9 Å². The largest absolute Gasteiger partial charge is 0.398 e. The molecular weight excluding hydrogens is 238 g/mol. The number of nitrogens with one attached hydrogen (secondary N) is 1. The molecule has 1 aromatic carbocycles. The first-order valence-electron chi connectivity index (χ1n) is 5.52. The second-order valence-electron chi connectivity index (χ2n) is 3.97. The van der Waals surface area contributed by atoms with Crippen molar-refractivity contribution in [1.82, 2.24) is 10.2 Å². The first-order chi connectivity index (χ1) is 8.02. The Morgan fingerprint density at radius 2 is 2.24 bits per heavy atom. The Balaban J connectivity index is 2.55. The highest BCUT2D eigenvalue weighted by atomic mass is 35.5. The lowest BCUT2D eigenvalue weighted by Gasteiger charge is -2.17. The van der Waals surface area contributed by atoms with E-state index in [0.717, 1.165) is 5.56 Å². The minimum absolute atomic E-state index is 0.0162. The summed E-state index contributed by atoms with van der Waals surface area (Å²) in [5.41, 5.74) is 7.47. The van der Waals surface area contributed by atoms with Crippen molar-refractivity contribution in [3.05, 3.63) is 28.8 Å². The Labute approximate surface area is 107 Å². The smallest absolute Gasteiger partial charge is 0.234 e. The number of likely N-dealkylation sites (N-methyl/N-ethyl adjacent to an activating group) is 2. The Bertz CT molecular complexity index is 395. The van der Waals surface area contributed by atoms with E-state index < -0.39 is 0 Å². The SMILES string of the molecule is CCNC(=O)CN(C)Cc1ccc(Cl)cc1N. The first-order valence-corrected chi connectivity index (χ1v) is 5.90. The van der Waals surface area contributed by atoms with Gasteiger partial charge < -0.3 is 11.1 Å². The Hall–Kier alpha value is -1.26. The highest BCUT2D eigenvalue weighted by molar-refractivity contribution is 6.30. The maximum Gasteiger partial charge on any atom is 0.234 e. The lowest BCUT2D eigenvalue weighted by Crippen LogP contribution is -2.34. The minimum Gasteiger partial charge on any atom is -0.398 e. The van der Waals surface area contributed by atoms with Crippen molar-refractivity contribution < 1.29 is 4.79 Å². The molecule has 0 unspecified atom stereocenters. The van der Waals surface area contributed by atoms with E-state index in [0.29, 0.717) is 30.3 Å². The number of nitrogen functional groups attached to an aromatic ring is 1. The van der Waals surface area contributed by atoms with E-state index in [1.807, 2.05) is 24.9 Å². The second kappa shape index (κ2) is 6.47. The van der Waals surface area contributed by atoms with E-state index in [-0.39, 0.29) is 5.91 Å². The first kappa shape index (κ1) is 13.8. The third kappa shape index (κ3) is 4.63. The highest BCUT2D eigenvalue weighted by Crippen LogP contribution is 2.18. The molecule has 0 fully saturated rings. The van der Waals surface area contributed by atoms with Gasteiger partial charge in [-0.1, -0.05) is 17.7 Å². The molecule has 1 aromatic rings. The zero-order valence-corrected chi connectivity index (χ0v) is 10.9. The summed E-state index contributed by atoms with van der Waals surface area (Å²) in [4.78, 5) is 13.3. The van der Waals surface area contributed by atoms with E-state index in [2.05, 4.69) is 5.32 Å². The van der Waals surface area contributed by atoms with Crippen LogP contribution in [0.2, 0.25) is 5.02 Å². The van der Waals surface area contributed by atoms with Crippen LogP contribution in [0.1, 0.15) is 12.5 Å². The number of nitrogens with zero attached hydrogens (tertiary/aromatic N) is 1. The summed E-state index contributed by atoms with van der Waals surface area (Å²) >= 11 is 5.82. The van der Waals surface area contributed by atoms with Crippen LogP contribution in [-0.2, 0) is 11.3 Å². The monoisotopic (exact) mass is 255 g/mol. The van der Waals surface area contributed by atoms with Crippen molar-refractivity contribution in [3.8, 4) is 0 Å². The number of nitrogens with two attached hydrogens (primary N) is 1. The molecule has 0 aliphatic carbocycles. The van der Waals surface area contributed by atoms with Gasteiger partial charge in [-0.3, -0.25) is 9.69 Å². The summed E-state index contributed by atoms with van der Waals surface area (Å²) in [5.74, 6) is 0.0162. The number of anilines is 1. The Morgan fingerprint density at radius 1 is 1.53 bits per heavy atom. The van der Waals surface area contributed by atoms with Crippen LogP contribution in [0.15, 0.2) is 18.2 Å². The lowest BCUT2D eigenvalue weighted by molar-refractivity contribution is -0.121. The standard InChI is InChI=1S/C12H18ClN3O/c1-3-15-12(17)8-16(2)7-9-4-5-10(13)6-11(9)14/h4-6H,3,7-8,14H2,1-2H3,(H,15,17). The normalized spacial score (nSPS) is 10.6. The van der Waals surface area contributed by atoms with Gasteiger partial charge in [0.2, 0.25) is 5.91 Å². The summed E-state index contributed by atoms with van der Waals surface area (Å²) in [6.45, 7) is 3.53. The average molecular weight is 256 g/mol. The van der Waals surface area contributed by atoms with Gasteiger partial charge in [-0.25, -0.2) is 0 Å². The molecular formula is C12H18ClN3O. The maximum atomic E-state index is 11.4. The molecule has 0 saturated heterocycles. The van der Waals surface area contributed by atoms with Gasteiger partial charge in [0, 0.05) is 23.8 Å². The lowest BCUT2D eigenvalue weighted by atomic mass is 10.1. The van der Waals surface area contributed by atoms with Crippen molar-refractivity contribution in [2.45, 2.75) is 13.5 Å². The molecule has 17 heavy (non-hydrogen) atoms. The third-order valence-electron chi connectivity index (χ3n) is 2.34. The molecule has 1 rings (SSSR count). The van der Waals surface area contributed by atoms with Gasteiger partial charge in [0.15, 0.2) is 0 Å². The molecule has 0 atom stereocenters. The average Bonchev–Trinajstić information content (AvgIpc) is 2.22. The topological polar surface area (TPSA) is 58.4 Å². The van der Waals surface area contributed by atoms with Gasteiger partial charge in [0.1, 0.15) is 0 Å². The summed E-state index contributed by atoms with van der Waals surface area (Å²) in [6.07, 6.45) is 0. The van der Waals surface area contributed by atoms with Crippen LogP contribution in [0, 0.1) is 0 Å². The van der Waals surface area contributed by atoms with E-state index in [1.54, 1.807) is 12.1 Å².